The molecule has 39 heavy (non-hydrogen) atoms. The summed E-state index contributed by atoms with van der Waals surface area (Å²) in [6, 6.07) is 9.85. The Morgan fingerprint density at radius 3 is 2.10 bits per heavy atom. The van der Waals surface area contributed by atoms with Crippen LogP contribution in [0.5, 0.6) is 0 Å². The first-order valence-corrected chi connectivity index (χ1v) is 14.7. The molecule has 2 aliphatic rings. The molecule has 212 valence electrons. The minimum absolute atomic E-state index is 0.100. The second kappa shape index (κ2) is 11.1. The molecule has 1 amide bonds. The summed E-state index contributed by atoms with van der Waals surface area (Å²) in [5.74, 6) is 0. The largest absolute Gasteiger partial charge is 0.465 e. The predicted molar refractivity (Wildman–Crippen MR) is 133 cm³/mol. The second-order valence-electron chi connectivity index (χ2n) is 9.24. The zero-order valence-corrected chi connectivity index (χ0v) is 22.2. The number of hydrogen-bond acceptors (Lipinski definition) is 7. The fraction of sp³-hybridized carbons (Fsp3) is 0.417. The number of benzene rings is 2. The van der Waals surface area contributed by atoms with Crippen molar-refractivity contribution < 1.29 is 44.6 Å². The van der Waals surface area contributed by atoms with Crippen LogP contribution in [-0.2, 0) is 30.8 Å². The predicted octanol–water partition coefficient (Wildman–Crippen LogP) is 3.67. The van der Waals surface area contributed by atoms with E-state index in [-0.39, 0.29) is 35.0 Å². The van der Waals surface area contributed by atoms with Gasteiger partial charge < -0.3 is 15.2 Å². The quantitative estimate of drug-likeness (QED) is 0.457. The number of nitrogens with one attached hydrogen (secondary N) is 1. The number of alkyl halides is 3. The number of rotatable bonds is 6. The Labute approximate surface area is 223 Å². The highest BCUT2D eigenvalue weighted by Crippen LogP contribution is 2.40. The average Bonchev–Trinajstić information content (AvgIpc) is 3.44. The average molecular weight is 590 g/mol. The zero-order chi connectivity index (χ0) is 29.2. The molecule has 4 N–H and O–H groups in total. The lowest BCUT2D eigenvalue weighted by atomic mass is 10.0. The number of nitrogens with two attached hydrogens (primary N) is 1. The summed E-state index contributed by atoms with van der Waals surface area (Å²) in [7, 11) is -6.72. The Morgan fingerprint density at radius 1 is 1.10 bits per heavy atom. The third-order valence-corrected chi connectivity index (χ3v) is 9.73. The molecule has 0 aromatic heterocycles. The third-order valence-electron chi connectivity index (χ3n) is 6.53. The van der Waals surface area contributed by atoms with Crippen molar-refractivity contribution in [2.75, 3.05) is 7.11 Å². The SMILES string of the molecule is CO[C@@H]1CC[C@@H](S(=O)(=O)c2ccc(-c3ccc(S(N)(=O)=O)cc3)cc2C(F)(F)F)C1.N#CC1(NC(=O)O)CC1. The van der Waals surface area contributed by atoms with Crippen LogP contribution in [0.25, 0.3) is 11.1 Å². The number of carboxylic acid groups (broad SMARTS) is 1. The summed E-state index contributed by atoms with van der Waals surface area (Å²) in [5, 5.41) is 22.7. The lowest BCUT2D eigenvalue weighted by molar-refractivity contribution is -0.139. The molecule has 2 atom stereocenters. The summed E-state index contributed by atoms with van der Waals surface area (Å²) < 4.78 is 94.9. The van der Waals surface area contributed by atoms with E-state index in [9.17, 15) is 34.8 Å². The van der Waals surface area contributed by atoms with Crippen molar-refractivity contribution >= 4 is 26.0 Å². The van der Waals surface area contributed by atoms with Gasteiger partial charge in [-0.2, -0.15) is 18.4 Å². The Kier molecular flexibility index (Phi) is 8.66. The fourth-order valence-corrected chi connectivity index (χ4v) is 6.71. The van der Waals surface area contributed by atoms with Gasteiger partial charge >= 0.3 is 12.3 Å². The summed E-state index contributed by atoms with van der Waals surface area (Å²) in [6.45, 7) is 0. The molecule has 0 saturated heterocycles. The first-order valence-electron chi connectivity index (χ1n) is 11.6. The van der Waals surface area contributed by atoms with Crippen molar-refractivity contribution in [2.45, 2.75) is 65.0 Å². The van der Waals surface area contributed by atoms with Gasteiger partial charge in [-0.3, -0.25) is 0 Å². The van der Waals surface area contributed by atoms with E-state index in [1.807, 2.05) is 6.07 Å². The molecular formula is C24H26F3N3O7S2. The molecule has 2 aromatic rings. The van der Waals surface area contributed by atoms with E-state index in [1.54, 1.807) is 0 Å². The van der Waals surface area contributed by atoms with Gasteiger partial charge in [0.15, 0.2) is 9.84 Å². The van der Waals surface area contributed by atoms with Crippen LogP contribution in [0.2, 0.25) is 0 Å². The van der Waals surface area contributed by atoms with Crippen LogP contribution in [-0.4, -0.2) is 52.0 Å². The Morgan fingerprint density at radius 2 is 1.69 bits per heavy atom. The molecule has 0 bridgehead atoms. The highest BCUT2D eigenvalue weighted by molar-refractivity contribution is 7.92. The summed E-state index contributed by atoms with van der Waals surface area (Å²) >= 11 is 0. The molecule has 0 heterocycles. The molecule has 2 aliphatic carbocycles. The Balaban J connectivity index is 0.000000395. The first-order chi connectivity index (χ1) is 18.0. The highest BCUT2D eigenvalue weighted by atomic mass is 32.2. The third kappa shape index (κ3) is 7.27. The number of sulfonamides is 1. The van der Waals surface area contributed by atoms with Crippen LogP contribution in [0.3, 0.4) is 0 Å². The molecule has 2 aromatic carbocycles. The zero-order valence-electron chi connectivity index (χ0n) is 20.6. The molecule has 10 nitrogen and oxygen atoms in total. The number of primary sulfonamides is 1. The van der Waals surface area contributed by atoms with Gasteiger partial charge in [-0.1, -0.05) is 18.2 Å². The van der Waals surface area contributed by atoms with E-state index >= 15 is 0 Å². The van der Waals surface area contributed by atoms with Gasteiger partial charge in [-0.05, 0) is 67.5 Å². The summed E-state index contributed by atoms with van der Waals surface area (Å²) in [5.41, 5.74) is -1.59. The van der Waals surface area contributed by atoms with E-state index in [4.69, 9.17) is 20.2 Å². The van der Waals surface area contributed by atoms with E-state index in [1.165, 1.54) is 37.4 Å². The standard InChI is InChI=1S/C19H20F3NO5S2.C5H6N2O2/c1-28-14-5-8-16(11-14)29(24,25)18-9-4-13(10-17(18)19(20,21)22)12-2-6-15(7-3-12)30(23,26)27;6-3-5(1-2-5)7-4(8)9/h2-4,6-7,9-10,14,16H,5,8,11H2,1H3,(H2,23,26,27);7H,1-2H2,(H,8,9)/t14-,16-;/m1./s1. The number of nitriles is 1. The van der Waals surface area contributed by atoms with Crippen LogP contribution < -0.4 is 10.5 Å². The van der Waals surface area contributed by atoms with Gasteiger partial charge in [0.2, 0.25) is 10.0 Å². The molecule has 0 spiro atoms. The van der Waals surface area contributed by atoms with Crippen molar-refractivity contribution in [1.29, 1.82) is 5.26 Å². The number of nitrogens with zero attached hydrogens (tertiary/aromatic N) is 1. The minimum atomic E-state index is -4.89. The minimum Gasteiger partial charge on any atom is -0.465 e. The van der Waals surface area contributed by atoms with Crippen LogP contribution in [0.1, 0.15) is 37.7 Å². The maximum absolute atomic E-state index is 13.7. The molecular weight excluding hydrogens is 563 g/mol. The number of amides is 1. The van der Waals surface area contributed by atoms with Gasteiger partial charge in [0.05, 0.1) is 32.8 Å². The van der Waals surface area contributed by atoms with Crippen molar-refractivity contribution in [3.8, 4) is 17.2 Å². The lowest BCUT2D eigenvalue weighted by Gasteiger charge is -2.18. The number of sulfone groups is 1. The summed E-state index contributed by atoms with van der Waals surface area (Å²) in [6.07, 6.45) is -4.16. The highest BCUT2D eigenvalue weighted by Gasteiger charge is 2.45. The van der Waals surface area contributed by atoms with Crippen molar-refractivity contribution in [3.63, 3.8) is 0 Å². The van der Waals surface area contributed by atoms with Crippen molar-refractivity contribution in [2.24, 2.45) is 5.14 Å². The maximum atomic E-state index is 13.7. The van der Waals surface area contributed by atoms with Gasteiger partial charge in [0.25, 0.3) is 0 Å². The topological polar surface area (TPSA) is 177 Å². The Hall–Kier alpha value is -3.19. The monoisotopic (exact) mass is 589 g/mol. The molecule has 0 aliphatic heterocycles. The number of hydrogen-bond donors (Lipinski definition) is 3. The molecule has 15 heteroatoms. The molecule has 0 unspecified atom stereocenters. The number of carbonyl (C=O) groups is 1. The first kappa shape index (κ1) is 30.4. The Bertz CT molecular complexity index is 1480. The van der Waals surface area contributed by atoms with Crippen molar-refractivity contribution in [3.05, 3.63) is 48.0 Å². The van der Waals surface area contributed by atoms with E-state index in [0.717, 1.165) is 12.1 Å². The van der Waals surface area contributed by atoms with Gasteiger partial charge in [0.1, 0.15) is 5.54 Å². The number of halogens is 3. The molecule has 2 fully saturated rings. The van der Waals surface area contributed by atoms with Crippen molar-refractivity contribution in [1.82, 2.24) is 5.32 Å². The smallest absolute Gasteiger partial charge is 0.417 e. The normalized spacial score (nSPS) is 20.3. The van der Waals surface area contributed by atoms with Crippen LogP contribution in [0.4, 0.5) is 18.0 Å². The molecule has 0 radical (unpaired) electrons. The summed E-state index contributed by atoms with van der Waals surface area (Å²) in [4.78, 5) is 9.00. The van der Waals surface area contributed by atoms with E-state index < -0.39 is 53.4 Å². The van der Waals surface area contributed by atoms with E-state index in [2.05, 4.69) is 5.32 Å². The number of ether oxygens (including phenoxy) is 1. The van der Waals surface area contributed by atoms with Crippen LogP contribution >= 0.6 is 0 Å². The fourth-order valence-electron chi connectivity index (χ4n) is 4.19. The van der Waals surface area contributed by atoms with Crippen LogP contribution in [0.15, 0.2) is 52.3 Å². The van der Waals surface area contributed by atoms with Gasteiger partial charge in [-0.15, -0.1) is 0 Å². The van der Waals surface area contributed by atoms with Crippen LogP contribution in [0, 0.1) is 11.3 Å². The second-order valence-corrected chi connectivity index (χ2v) is 13.0. The molecule has 2 saturated carbocycles. The van der Waals surface area contributed by atoms with E-state index in [0.29, 0.717) is 19.3 Å². The van der Waals surface area contributed by atoms with Gasteiger partial charge in [0, 0.05) is 7.11 Å². The lowest BCUT2D eigenvalue weighted by Crippen LogP contribution is -2.33. The number of methoxy groups -OCH3 is 1. The van der Waals surface area contributed by atoms with Gasteiger partial charge in [-0.25, -0.2) is 26.8 Å². The maximum Gasteiger partial charge on any atom is 0.417 e. The molecule has 4 rings (SSSR count).